The molecule has 3 unspecified atom stereocenters. The van der Waals surface area contributed by atoms with Gasteiger partial charge in [-0.25, -0.2) is 0 Å². The van der Waals surface area contributed by atoms with Gasteiger partial charge in [0.15, 0.2) is 0 Å². The van der Waals surface area contributed by atoms with Crippen LogP contribution in [0, 0.1) is 11.8 Å². The Morgan fingerprint density at radius 2 is 2.12 bits per heavy atom. The molecule has 1 fully saturated rings. The Kier molecular flexibility index (Phi) is 4.63. The third kappa shape index (κ3) is 3.11. The van der Waals surface area contributed by atoms with Crippen LogP contribution in [0.2, 0.25) is 0 Å². The molecule has 0 radical (unpaired) electrons. The van der Waals surface area contributed by atoms with E-state index in [1.807, 2.05) is 24.3 Å². The number of rotatable bonds is 3. The minimum absolute atomic E-state index is 0.306. The number of aliphatic hydroxyl groups is 1. The van der Waals surface area contributed by atoms with Gasteiger partial charge in [-0.15, -0.1) is 0 Å². The van der Waals surface area contributed by atoms with Crippen LogP contribution >= 0.6 is 15.9 Å². The van der Waals surface area contributed by atoms with Gasteiger partial charge < -0.3 is 5.11 Å². The van der Waals surface area contributed by atoms with Gasteiger partial charge >= 0.3 is 0 Å². The summed E-state index contributed by atoms with van der Waals surface area (Å²) in [5.41, 5.74) is 1.05. The third-order valence-corrected chi connectivity index (χ3v) is 4.79. The van der Waals surface area contributed by atoms with Crippen molar-refractivity contribution < 1.29 is 5.11 Å². The quantitative estimate of drug-likeness (QED) is 0.857. The van der Waals surface area contributed by atoms with Crippen LogP contribution in [0.4, 0.5) is 0 Å². The molecule has 0 amide bonds. The van der Waals surface area contributed by atoms with Gasteiger partial charge in [-0.3, -0.25) is 0 Å². The highest BCUT2D eigenvalue weighted by atomic mass is 79.9. The van der Waals surface area contributed by atoms with Gasteiger partial charge in [0.1, 0.15) is 0 Å². The van der Waals surface area contributed by atoms with E-state index in [1.165, 1.54) is 32.1 Å². The number of halogens is 1. The zero-order valence-electron chi connectivity index (χ0n) is 10.4. The zero-order chi connectivity index (χ0) is 12.3. The Labute approximate surface area is 112 Å². The van der Waals surface area contributed by atoms with Gasteiger partial charge in [0.2, 0.25) is 0 Å². The Morgan fingerprint density at radius 3 is 2.82 bits per heavy atom. The van der Waals surface area contributed by atoms with Crippen molar-refractivity contribution in [1.29, 1.82) is 0 Å². The van der Waals surface area contributed by atoms with Crippen LogP contribution in [0.3, 0.4) is 0 Å². The average Bonchev–Trinajstić information content (AvgIpc) is 2.38. The minimum Gasteiger partial charge on any atom is -0.388 e. The van der Waals surface area contributed by atoms with E-state index in [-0.39, 0.29) is 6.10 Å². The van der Waals surface area contributed by atoms with E-state index in [4.69, 9.17) is 0 Å². The average molecular weight is 297 g/mol. The Balaban J connectivity index is 2.09. The molecule has 0 aromatic heterocycles. The maximum Gasteiger partial charge on any atom is 0.0829 e. The monoisotopic (exact) mass is 296 g/mol. The summed E-state index contributed by atoms with van der Waals surface area (Å²) < 4.78 is 1.03. The van der Waals surface area contributed by atoms with Crippen LogP contribution in [0.1, 0.15) is 50.7 Å². The molecule has 0 bridgehead atoms. The molecular weight excluding hydrogens is 276 g/mol. The molecule has 2 rings (SSSR count). The summed E-state index contributed by atoms with van der Waals surface area (Å²) in [6.07, 6.45) is 5.90. The fraction of sp³-hybridized carbons (Fsp3) is 0.600. The molecule has 2 heteroatoms. The number of hydrogen-bond donors (Lipinski definition) is 1. The summed E-state index contributed by atoms with van der Waals surface area (Å²) >= 11 is 3.54. The molecule has 1 aromatic rings. The fourth-order valence-electron chi connectivity index (χ4n) is 2.96. The second-order valence-corrected chi connectivity index (χ2v) is 6.02. The molecular formula is C15H21BrO. The van der Waals surface area contributed by atoms with Crippen molar-refractivity contribution in [1.82, 2.24) is 0 Å². The van der Waals surface area contributed by atoms with Crippen molar-refractivity contribution in [2.24, 2.45) is 11.8 Å². The molecule has 1 aliphatic rings. The summed E-state index contributed by atoms with van der Waals surface area (Å²) in [4.78, 5) is 0. The Hall–Kier alpha value is -0.340. The van der Waals surface area contributed by atoms with Crippen molar-refractivity contribution in [3.63, 3.8) is 0 Å². The first kappa shape index (κ1) is 13.1. The molecule has 0 aliphatic heterocycles. The first-order valence-corrected chi connectivity index (χ1v) is 7.44. The van der Waals surface area contributed by atoms with E-state index in [0.29, 0.717) is 5.92 Å². The largest absolute Gasteiger partial charge is 0.388 e. The van der Waals surface area contributed by atoms with Gasteiger partial charge in [-0.1, -0.05) is 60.3 Å². The standard InChI is InChI=1S/C15H21BrO/c1-2-11-6-5-7-12(10-11)15(17)13-8-3-4-9-14(13)16/h3-4,8-9,11-12,15,17H,2,5-7,10H2,1H3. The van der Waals surface area contributed by atoms with Crippen LogP contribution in [0.15, 0.2) is 28.7 Å². The van der Waals surface area contributed by atoms with Crippen molar-refractivity contribution in [3.8, 4) is 0 Å². The van der Waals surface area contributed by atoms with E-state index in [0.717, 1.165) is 16.0 Å². The predicted molar refractivity (Wildman–Crippen MR) is 74.8 cm³/mol. The molecule has 0 spiro atoms. The molecule has 1 nitrogen and oxygen atoms in total. The molecule has 94 valence electrons. The Morgan fingerprint density at radius 1 is 1.35 bits per heavy atom. The molecule has 1 saturated carbocycles. The maximum absolute atomic E-state index is 10.5. The normalized spacial score (nSPS) is 26.8. The van der Waals surface area contributed by atoms with Gasteiger partial charge in [-0.2, -0.15) is 0 Å². The molecule has 17 heavy (non-hydrogen) atoms. The van der Waals surface area contributed by atoms with Crippen LogP contribution < -0.4 is 0 Å². The SMILES string of the molecule is CCC1CCCC(C(O)c2ccccc2Br)C1. The van der Waals surface area contributed by atoms with Crippen LogP contribution in [-0.2, 0) is 0 Å². The van der Waals surface area contributed by atoms with Gasteiger partial charge in [0.25, 0.3) is 0 Å². The first-order valence-electron chi connectivity index (χ1n) is 6.64. The lowest BCUT2D eigenvalue weighted by molar-refractivity contribution is 0.0673. The highest BCUT2D eigenvalue weighted by Gasteiger charge is 2.28. The third-order valence-electron chi connectivity index (χ3n) is 4.07. The molecule has 3 atom stereocenters. The van der Waals surface area contributed by atoms with Crippen molar-refractivity contribution in [2.75, 3.05) is 0 Å². The summed E-state index contributed by atoms with van der Waals surface area (Å²) in [5, 5.41) is 10.5. The summed E-state index contributed by atoms with van der Waals surface area (Å²) in [6.45, 7) is 2.26. The van der Waals surface area contributed by atoms with Crippen LogP contribution in [-0.4, -0.2) is 5.11 Å². The van der Waals surface area contributed by atoms with E-state index < -0.39 is 0 Å². The molecule has 1 aliphatic carbocycles. The molecule has 0 heterocycles. The smallest absolute Gasteiger partial charge is 0.0829 e. The fourth-order valence-corrected chi connectivity index (χ4v) is 3.48. The zero-order valence-corrected chi connectivity index (χ0v) is 12.0. The van der Waals surface area contributed by atoms with E-state index >= 15 is 0 Å². The van der Waals surface area contributed by atoms with Gasteiger partial charge in [-0.05, 0) is 36.3 Å². The minimum atomic E-state index is -0.306. The second-order valence-electron chi connectivity index (χ2n) is 5.17. The highest BCUT2D eigenvalue weighted by molar-refractivity contribution is 9.10. The van der Waals surface area contributed by atoms with Crippen molar-refractivity contribution >= 4 is 15.9 Å². The lowest BCUT2D eigenvalue weighted by Gasteiger charge is -2.32. The molecule has 1 N–H and O–H groups in total. The van der Waals surface area contributed by atoms with E-state index in [1.54, 1.807) is 0 Å². The van der Waals surface area contributed by atoms with Crippen LogP contribution in [0.25, 0.3) is 0 Å². The van der Waals surface area contributed by atoms with E-state index in [9.17, 15) is 5.11 Å². The van der Waals surface area contributed by atoms with Crippen molar-refractivity contribution in [2.45, 2.75) is 45.1 Å². The first-order chi connectivity index (χ1) is 8.22. The Bertz CT molecular complexity index is 364. The van der Waals surface area contributed by atoms with Crippen molar-refractivity contribution in [3.05, 3.63) is 34.3 Å². The molecule has 0 saturated heterocycles. The highest BCUT2D eigenvalue weighted by Crippen LogP contribution is 2.39. The lowest BCUT2D eigenvalue weighted by Crippen LogP contribution is -2.21. The number of hydrogen-bond acceptors (Lipinski definition) is 1. The lowest BCUT2D eigenvalue weighted by atomic mass is 9.76. The van der Waals surface area contributed by atoms with E-state index in [2.05, 4.69) is 22.9 Å². The predicted octanol–water partition coefficient (Wildman–Crippen LogP) is 4.70. The number of benzene rings is 1. The number of aliphatic hydroxyl groups excluding tert-OH is 1. The van der Waals surface area contributed by atoms with Crippen LogP contribution in [0.5, 0.6) is 0 Å². The maximum atomic E-state index is 10.5. The second kappa shape index (κ2) is 6.01. The van der Waals surface area contributed by atoms with Gasteiger partial charge in [0, 0.05) is 4.47 Å². The summed E-state index contributed by atoms with van der Waals surface area (Å²) in [5.74, 6) is 1.25. The molecule has 1 aromatic carbocycles. The summed E-state index contributed by atoms with van der Waals surface area (Å²) in [7, 11) is 0. The van der Waals surface area contributed by atoms with Gasteiger partial charge in [0.05, 0.1) is 6.10 Å². The summed E-state index contributed by atoms with van der Waals surface area (Å²) in [6, 6.07) is 8.04. The topological polar surface area (TPSA) is 20.2 Å².